The summed E-state index contributed by atoms with van der Waals surface area (Å²) in [7, 11) is 0. The van der Waals surface area contributed by atoms with E-state index in [-0.39, 0.29) is 19.6 Å². The van der Waals surface area contributed by atoms with Crippen LogP contribution in [0.3, 0.4) is 0 Å². The number of carbonyl (C=O) groups is 2. The van der Waals surface area contributed by atoms with E-state index in [0.29, 0.717) is 6.42 Å². The van der Waals surface area contributed by atoms with Gasteiger partial charge in [0.1, 0.15) is 6.10 Å². The SMILES string of the molecule is CCC=CCOC1CC(=O)N[C@]1(O)C(=O)OCCC. The van der Waals surface area contributed by atoms with Gasteiger partial charge in [0.05, 0.1) is 19.6 Å². The fraction of sp³-hybridized carbons (Fsp3) is 0.692. The first-order valence-corrected chi connectivity index (χ1v) is 6.51. The van der Waals surface area contributed by atoms with Crippen molar-refractivity contribution < 1.29 is 24.2 Å². The number of esters is 1. The van der Waals surface area contributed by atoms with Gasteiger partial charge in [0.2, 0.25) is 5.91 Å². The second kappa shape index (κ2) is 7.25. The Morgan fingerprint density at radius 2 is 2.26 bits per heavy atom. The summed E-state index contributed by atoms with van der Waals surface area (Å²) in [6.07, 6.45) is 4.21. The lowest BCUT2D eigenvalue weighted by molar-refractivity contribution is -0.182. The third kappa shape index (κ3) is 4.04. The molecule has 0 saturated carbocycles. The minimum absolute atomic E-state index is 0.0578. The molecule has 108 valence electrons. The summed E-state index contributed by atoms with van der Waals surface area (Å²) in [6.45, 7) is 4.25. The fourth-order valence-electron chi connectivity index (χ4n) is 1.73. The molecule has 19 heavy (non-hydrogen) atoms. The molecule has 2 atom stereocenters. The smallest absolute Gasteiger partial charge is 0.362 e. The van der Waals surface area contributed by atoms with E-state index in [9.17, 15) is 14.7 Å². The van der Waals surface area contributed by atoms with Gasteiger partial charge in [-0.1, -0.05) is 26.0 Å². The van der Waals surface area contributed by atoms with Gasteiger partial charge in [-0.3, -0.25) is 4.79 Å². The minimum atomic E-state index is -2.08. The second-order valence-electron chi connectivity index (χ2n) is 4.36. The van der Waals surface area contributed by atoms with E-state index in [2.05, 4.69) is 5.32 Å². The van der Waals surface area contributed by atoms with Crippen LogP contribution in [0.25, 0.3) is 0 Å². The third-order valence-corrected chi connectivity index (χ3v) is 2.71. The molecule has 1 heterocycles. The molecule has 2 N–H and O–H groups in total. The monoisotopic (exact) mass is 271 g/mol. The van der Waals surface area contributed by atoms with Crippen molar-refractivity contribution in [2.75, 3.05) is 13.2 Å². The Kier molecular flexibility index (Phi) is 5.98. The molecule has 0 aromatic rings. The first kappa shape index (κ1) is 15.7. The van der Waals surface area contributed by atoms with Crippen molar-refractivity contribution in [2.45, 2.75) is 44.9 Å². The molecule has 0 bridgehead atoms. The number of aliphatic hydroxyl groups is 1. The quantitative estimate of drug-likeness (QED) is 0.520. The fourth-order valence-corrected chi connectivity index (χ4v) is 1.73. The molecule has 1 amide bonds. The number of hydrogen-bond acceptors (Lipinski definition) is 5. The zero-order valence-corrected chi connectivity index (χ0v) is 11.3. The molecule has 0 radical (unpaired) electrons. The Bertz CT molecular complexity index is 355. The highest BCUT2D eigenvalue weighted by molar-refractivity contribution is 5.91. The Morgan fingerprint density at radius 1 is 1.53 bits per heavy atom. The van der Waals surface area contributed by atoms with E-state index >= 15 is 0 Å². The maximum absolute atomic E-state index is 11.8. The molecule has 0 aliphatic carbocycles. The second-order valence-corrected chi connectivity index (χ2v) is 4.36. The highest BCUT2D eigenvalue weighted by Crippen LogP contribution is 2.23. The summed E-state index contributed by atoms with van der Waals surface area (Å²) < 4.78 is 10.3. The normalized spacial score (nSPS) is 26.7. The highest BCUT2D eigenvalue weighted by Gasteiger charge is 2.53. The van der Waals surface area contributed by atoms with Crippen LogP contribution in [-0.4, -0.2) is 42.0 Å². The lowest BCUT2D eigenvalue weighted by Crippen LogP contribution is -2.57. The van der Waals surface area contributed by atoms with E-state index in [1.165, 1.54) is 0 Å². The number of nitrogens with one attached hydrogen (secondary N) is 1. The van der Waals surface area contributed by atoms with Gasteiger partial charge in [-0.15, -0.1) is 0 Å². The molecule has 1 saturated heterocycles. The zero-order valence-electron chi connectivity index (χ0n) is 11.3. The molecule has 1 aliphatic heterocycles. The molecule has 1 rings (SSSR count). The van der Waals surface area contributed by atoms with E-state index in [4.69, 9.17) is 9.47 Å². The number of ether oxygens (including phenoxy) is 2. The molecule has 6 nitrogen and oxygen atoms in total. The molecular weight excluding hydrogens is 250 g/mol. The largest absolute Gasteiger partial charge is 0.462 e. The Morgan fingerprint density at radius 3 is 2.89 bits per heavy atom. The van der Waals surface area contributed by atoms with Crippen LogP contribution in [-0.2, 0) is 19.1 Å². The molecule has 1 fully saturated rings. The Labute approximate surface area is 112 Å². The predicted octanol–water partition coefficient (Wildman–Crippen LogP) is 0.499. The van der Waals surface area contributed by atoms with E-state index in [1.54, 1.807) is 6.08 Å². The van der Waals surface area contributed by atoms with Crippen molar-refractivity contribution in [2.24, 2.45) is 0 Å². The molecule has 6 heteroatoms. The van der Waals surface area contributed by atoms with E-state index in [0.717, 1.165) is 6.42 Å². The number of rotatable bonds is 7. The summed E-state index contributed by atoms with van der Waals surface area (Å²) in [5.41, 5.74) is -2.08. The summed E-state index contributed by atoms with van der Waals surface area (Å²) in [5, 5.41) is 12.4. The number of hydrogen-bond donors (Lipinski definition) is 2. The molecular formula is C13H21NO5. The van der Waals surface area contributed by atoms with Crippen molar-refractivity contribution in [3.8, 4) is 0 Å². The maximum atomic E-state index is 11.8. The Hall–Kier alpha value is -1.40. The molecule has 1 aliphatic rings. The van der Waals surface area contributed by atoms with Crippen LogP contribution in [0.5, 0.6) is 0 Å². The van der Waals surface area contributed by atoms with Crippen LogP contribution in [0.15, 0.2) is 12.2 Å². The molecule has 1 unspecified atom stereocenters. The first-order valence-electron chi connectivity index (χ1n) is 6.51. The van der Waals surface area contributed by atoms with Gasteiger partial charge in [-0.2, -0.15) is 0 Å². The van der Waals surface area contributed by atoms with Crippen molar-refractivity contribution in [1.29, 1.82) is 0 Å². The van der Waals surface area contributed by atoms with E-state index in [1.807, 2.05) is 19.9 Å². The van der Waals surface area contributed by atoms with Crippen LogP contribution in [0.4, 0.5) is 0 Å². The van der Waals surface area contributed by atoms with Gasteiger partial charge in [-0.25, -0.2) is 4.79 Å². The number of amides is 1. The van der Waals surface area contributed by atoms with Crippen LogP contribution >= 0.6 is 0 Å². The highest BCUT2D eigenvalue weighted by atomic mass is 16.6. The summed E-state index contributed by atoms with van der Waals surface area (Å²) in [4.78, 5) is 23.1. The van der Waals surface area contributed by atoms with Crippen molar-refractivity contribution in [3.05, 3.63) is 12.2 Å². The lowest BCUT2D eigenvalue weighted by Gasteiger charge is -2.26. The number of carbonyl (C=O) groups excluding carboxylic acids is 2. The van der Waals surface area contributed by atoms with Gasteiger partial charge in [-0.05, 0) is 12.8 Å². The molecule has 0 aromatic heterocycles. The van der Waals surface area contributed by atoms with Gasteiger partial charge in [0.25, 0.3) is 5.72 Å². The standard InChI is InChI=1S/C13H21NO5/c1-3-5-6-8-18-10-9-11(15)14-13(10,17)12(16)19-7-4-2/h5-6,10,17H,3-4,7-9H2,1-2H3,(H,14,15)/t10?,13-/m1/s1. The minimum Gasteiger partial charge on any atom is -0.462 e. The van der Waals surface area contributed by atoms with Crippen LogP contribution in [0.1, 0.15) is 33.1 Å². The number of allylic oxidation sites excluding steroid dienone is 1. The summed E-state index contributed by atoms with van der Waals surface area (Å²) in [5.74, 6) is -1.30. The molecule has 0 aromatic carbocycles. The first-order chi connectivity index (χ1) is 9.04. The van der Waals surface area contributed by atoms with Crippen LogP contribution in [0.2, 0.25) is 0 Å². The predicted molar refractivity (Wildman–Crippen MR) is 68.1 cm³/mol. The molecule has 0 spiro atoms. The van der Waals surface area contributed by atoms with Crippen LogP contribution < -0.4 is 5.32 Å². The topological polar surface area (TPSA) is 84.9 Å². The van der Waals surface area contributed by atoms with Gasteiger partial charge in [0.15, 0.2) is 0 Å². The zero-order chi connectivity index (χ0) is 14.3. The third-order valence-electron chi connectivity index (χ3n) is 2.71. The van der Waals surface area contributed by atoms with Gasteiger partial charge >= 0.3 is 5.97 Å². The summed E-state index contributed by atoms with van der Waals surface area (Å²) in [6, 6.07) is 0. The van der Waals surface area contributed by atoms with Crippen molar-refractivity contribution in [3.63, 3.8) is 0 Å². The van der Waals surface area contributed by atoms with Gasteiger partial charge in [0, 0.05) is 0 Å². The average Bonchev–Trinajstić information content (AvgIpc) is 2.68. The van der Waals surface area contributed by atoms with Crippen LogP contribution in [0, 0.1) is 0 Å². The maximum Gasteiger partial charge on any atom is 0.362 e. The van der Waals surface area contributed by atoms with Crippen molar-refractivity contribution >= 4 is 11.9 Å². The van der Waals surface area contributed by atoms with Gasteiger partial charge < -0.3 is 19.9 Å². The Balaban J connectivity index is 2.63. The van der Waals surface area contributed by atoms with Crippen molar-refractivity contribution in [1.82, 2.24) is 5.32 Å². The summed E-state index contributed by atoms with van der Waals surface area (Å²) >= 11 is 0. The lowest BCUT2D eigenvalue weighted by atomic mass is 10.1. The average molecular weight is 271 g/mol. The van der Waals surface area contributed by atoms with E-state index < -0.39 is 23.7 Å².